The molecule has 4 heteroatoms. The first-order valence-corrected chi connectivity index (χ1v) is 16.7. The molecule has 50 heavy (non-hydrogen) atoms. The van der Waals surface area contributed by atoms with Crippen LogP contribution in [-0.2, 0) is 0 Å². The zero-order valence-corrected chi connectivity index (χ0v) is 27.1. The van der Waals surface area contributed by atoms with Gasteiger partial charge in [-0.3, -0.25) is 9.97 Å². The number of benzene rings is 6. The number of hydrogen-bond acceptors (Lipinski definition) is 4. The molecule has 0 radical (unpaired) electrons. The number of nitrogens with zero attached hydrogens (tertiary/aromatic N) is 4. The van der Waals surface area contributed by atoms with Gasteiger partial charge in [-0.2, -0.15) is 0 Å². The van der Waals surface area contributed by atoms with Crippen LogP contribution in [0.3, 0.4) is 0 Å². The molecule has 4 nitrogen and oxygen atoms in total. The lowest BCUT2D eigenvalue weighted by molar-refractivity contribution is 1.18. The number of aromatic nitrogens is 4. The lowest BCUT2D eigenvalue weighted by Gasteiger charge is -2.18. The monoisotopic (exact) mass is 638 g/mol. The van der Waals surface area contributed by atoms with Gasteiger partial charge in [0.05, 0.1) is 11.4 Å². The van der Waals surface area contributed by atoms with Crippen molar-refractivity contribution < 1.29 is 0 Å². The Bertz CT molecular complexity index is 2560. The average molecular weight is 639 g/mol. The zero-order valence-electron chi connectivity index (χ0n) is 27.1. The van der Waals surface area contributed by atoms with Gasteiger partial charge in [0.2, 0.25) is 0 Å². The minimum absolute atomic E-state index is 0.661. The Morgan fingerprint density at radius 1 is 0.300 bits per heavy atom. The zero-order chi connectivity index (χ0) is 33.3. The highest BCUT2D eigenvalue weighted by Gasteiger charge is 2.18. The van der Waals surface area contributed by atoms with Gasteiger partial charge in [-0.15, -0.1) is 0 Å². The van der Waals surface area contributed by atoms with Crippen molar-refractivity contribution in [3.63, 3.8) is 0 Å². The highest BCUT2D eigenvalue weighted by atomic mass is 14.9. The van der Waals surface area contributed by atoms with E-state index in [1.54, 1.807) is 12.4 Å². The molecule has 0 unspecified atom stereocenters. The van der Waals surface area contributed by atoms with Crippen LogP contribution in [0.4, 0.5) is 0 Å². The van der Waals surface area contributed by atoms with Crippen LogP contribution in [0.1, 0.15) is 0 Å². The second-order valence-electron chi connectivity index (χ2n) is 12.3. The molecule has 6 aromatic carbocycles. The highest BCUT2D eigenvalue weighted by molar-refractivity contribution is 6.21. The summed E-state index contributed by atoms with van der Waals surface area (Å²) in [6, 6.07) is 55.3. The fraction of sp³-hybridized carbons (Fsp3) is 0. The Kier molecular flexibility index (Phi) is 7.45. The van der Waals surface area contributed by atoms with E-state index in [1.807, 2.05) is 36.7 Å². The molecule has 0 spiro atoms. The molecule has 9 rings (SSSR count). The summed E-state index contributed by atoms with van der Waals surface area (Å²) < 4.78 is 0. The topological polar surface area (TPSA) is 51.6 Å². The summed E-state index contributed by atoms with van der Waals surface area (Å²) in [5.41, 5.74) is 11.5. The Morgan fingerprint density at radius 3 is 1.38 bits per heavy atom. The molecule has 0 aliphatic rings. The Morgan fingerprint density at radius 2 is 0.780 bits per heavy atom. The van der Waals surface area contributed by atoms with Crippen LogP contribution in [0.15, 0.2) is 183 Å². The third-order valence-electron chi connectivity index (χ3n) is 9.26. The first kappa shape index (κ1) is 29.4. The summed E-state index contributed by atoms with van der Waals surface area (Å²) in [5, 5.41) is 4.87. The molecule has 3 aromatic heterocycles. The van der Waals surface area contributed by atoms with Crippen LogP contribution in [0.5, 0.6) is 0 Å². The average Bonchev–Trinajstić information content (AvgIpc) is 3.21. The maximum Gasteiger partial charge on any atom is 0.160 e. The molecule has 0 saturated heterocycles. The van der Waals surface area contributed by atoms with Crippen LogP contribution in [-0.4, -0.2) is 19.9 Å². The van der Waals surface area contributed by atoms with Gasteiger partial charge in [-0.05, 0) is 85.3 Å². The van der Waals surface area contributed by atoms with E-state index >= 15 is 0 Å². The van der Waals surface area contributed by atoms with Gasteiger partial charge in [0.1, 0.15) is 0 Å². The Hall–Kier alpha value is -6.78. The van der Waals surface area contributed by atoms with Gasteiger partial charge in [-0.1, -0.05) is 127 Å². The minimum atomic E-state index is 0.661. The van der Waals surface area contributed by atoms with Crippen molar-refractivity contribution in [1.82, 2.24) is 19.9 Å². The molecule has 0 N–H and O–H groups in total. The number of fused-ring (bicyclic) bond motifs is 2. The molecule has 0 saturated carbocycles. The van der Waals surface area contributed by atoms with Crippen LogP contribution in [0.2, 0.25) is 0 Å². The van der Waals surface area contributed by atoms with E-state index in [1.165, 1.54) is 38.2 Å². The van der Waals surface area contributed by atoms with E-state index in [0.29, 0.717) is 5.82 Å². The molecular formula is C46H30N4. The van der Waals surface area contributed by atoms with Crippen molar-refractivity contribution in [3.8, 4) is 67.3 Å². The quantitative estimate of drug-likeness (QED) is 0.170. The van der Waals surface area contributed by atoms with E-state index in [2.05, 4.69) is 143 Å². The third kappa shape index (κ3) is 5.39. The van der Waals surface area contributed by atoms with Crippen LogP contribution in [0, 0.1) is 0 Å². The fourth-order valence-corrected chi connectivity index (χ4v) is 6.92. The van der Waals surface area contributed by atoms with E-state index < -0.39 is 0 Å². The maximum atomic E-state index is 5.17. The SMILES string of the molecule is c1ccc(-c2c3ccccc3c(-c3cccc(-c4nc(-c5ccc(-c6cccnc6)cc5)cc(-c5cccnc5)n4)c3)c3ccccc23)cc1. The van der Waals surface area contributed by atoms with Gasteiger partial charge < -0.3 is 0 Å². The highest BCUT2D eigenvalue weighted by Crippen LogP contribution is 2.44. The second-order valence-corrected chi connectivity index (χ2v) is 12.3. The lowest BCUT2D eigenvalue weighted by Crippen LogP contribution is -1.97. The maximum absolute atomic E-state index is 5.17. The van der Waals surface area contributed by atoms with Crippen LogP contribution >= 0.6 is 0 Å². The minimum Gasteiger partial charge on any atom is -0.264 e. The second kappa shape index (κ2) is 12.7. The largest absolute Gasteiger partial charge is 0.264 e. The molecule has 0 aliphatic carbocycles. The summed E-state index contributed by atoms with van der Waals surface area (Å²) in [6.45, 7) is 0. The van der Waals surface area contributed by atoms with Crippen molar-refractivity contribution in [2.45, 2.75) is 0 Å². The predicted octanol–water partition coefficient (Wildman–Crippen LogP) is 11.6. The molecule has 0 amide bonds. The normalized spacial score (nSPS) is 11.2. The molecule has 0 atom stereocenters. The van der Waals surface area contributed by atoms with Crippen molar-refractivity contribution in [2.75, 3.05) is 0 Å². The van der Waals surface area contributed by atoms with Gasteiger partial charge in [0, 0.05) is 41.5 Å². The van der Waals surface area contributed by atoms with Gasteiger partial charge in [-0.25, -0.2) is 9.97 Å². The summed E-state index contributed by atoms with van der Waals surface area (Å²) >= 11 is 0. The molecule has 3 heterocycles. The fourth-order valence-electron chi connectivity index (χ4n) is 6.92. The lowest BCUT2D eigenvalue weighted by atomic mass is 9.85. The van der Waals surface area contributed by atoms with Gasteiger partial charge in [0.15, 0.2) is 5.82 Å². The number of rotatable bonds is 6. The van der Waals surface area contributed by atoms with Crippen molar-refractivity contribution in [1.29, 1.82) is 0 Å². The number of pyridine rings is 2. The molecule has 9 aromatic rings. The number of hydrogen-bond donors (Lipinski definition) is 0. The van der Waals surface area contributed by atoms with Crippen molar-refractivity contribution >= 4 is 21.5 Å². The summed E-state index contributed by atoms with van der Waals surface area (Å²) in [6.07, 6.45) is 7.31. The summed E-state index contributed by atoms with van der Waals surface area (Å²) in [7, 11) is 0. The summed E-state index contributed by atoms with van der Waals surface area (Å²) in [5.74, 6) is 0.661. The first-order chi connectivity index (χ1) is 24.8. The summed E-state index contributed by atoms with van der Waals surface area (Å²) in [4.78, 5) is 19.0. The Labute approximate surface area is 290 Å². The molecule has 234 valence electrons. The van der Waals surface area contributed by atoms with Gasteiger partial charge in [0.25, 0.3) is 0 Å². The van der Waals surface area contributed by atoms with E-state index in [4.69, 9.17) is 9.97 Å². The molecule has 0 bridgehead atoms. The van der Waals surface area contributed by atoms with Gasteiger partial charge >= 0.3 is 0 Å². The standard InChI is InChI=1S/C46H30N4/c1-2-11-33(12-3-1)44-38-17-4-6-19-40(38)45(41-20-7-5-18-39(41)44)34-13-8-14-35(27-34)46-49-42(28-43(50-46)37-16-10-26-48-30-37)32-23-21-31(22-24-32)36-15-9-25-47-29-36/h1-30H. The van der Waals surface area contributed by atoms with E-state index in [9.17, 15) is 0 Å². The Balaban J connectivity index is 1.22. The van der Waals surface area contributed by atoms with Crippen molar-refractivity contribution in [3.05, 3.63) is 183 Å². The van der Waals surface area contributed by atoms with Crippen LogP contribution in [0.25, 0.3) is 88.8 Å². The van der Waals surface area contributed by atoms with E-state index in [0.717, 1.165) is 44.8 Å². The van der Waals surface area contributed by atoms with Crippen LogP contribution < -0.4 is 0 Å². The smallest absolute Gasteiger partial charge is 0.160 e. The first-order valence-electron chi connectivity index (χ1n) is 16.7. The van der Waals surface area contributed by atoms with Crippen molar-refractivity contribution in [2.24, 2.45) is 0 Å². The molecule has 0 fully saturated rings. The predicted molar refractivity (Wildman–Crippen MR) is 205 cm³/mol. The molecule has 0 aliphatic heterocycles. The van der Waals surface area contributed by atoms with E-state index in [-0.39, 0.29) is 0 Å². The molecular weight excluding hydrogens is 609 g/mol. The third-order valence-corrected chi connectivity index (χ3v) is 9.26.